The van der Waals surface area contributed by atoms with E-state index in [0.29, 0.717) is 16.1 Å². The zero-order valence-corrected chi connectivity index (χ0v) is 18.0. The number of hydrogen-bond donors (Lipinski definition) is 4. The molecule has 158 valence electrons. The zero-order valence-electron chi connectivity index (χ0n) is 17.2. The maximum Gasteiger partial charge on any atom is 0.261 e. The molecule has 5 rings (SSSR count). The number of carbonyl (C=O) groups excluding carboxylic acids is 2. The van der Waals surface area contributed by atoms with Gasteiger partial charge in [-0.15, -0.1) is 5.53 Å². The summed E-state index contributed by atoms with van der Waals surface area (Å²) in [7, 11) is 3.42. The molecule has 0 radical (unpaired) electrons. The number of aromatic nitrogens is 1. The van der Waals surface area contributed by atoms with Crippen LogP contribution in [0, 0.1) is 6.92 Å². The average Bonchev–Trinajstić information content (AvgIpc) is 3.43. The van der Waals surface area contributed by atoms with E-state index in [4.69, 9.17) is 11.6 Å². The minimum absolute atomic E-state index is 0.215. The Morgan fingerprint density at radius 3 is 2.61 bits per heavy atom. The second-order valence-electron chi connectivity index (χ2n) is 7.68. The van der Waals surface area contributed by atoms with Gasteiger partial charge in [-0.05, 0) is 42.3 Å². The number of hydrogen-bond acceptors (Lipinski definition) is 5. The minimum atomic E-state index is -0.400. The van der Waals surface area contributed by atoms with Crippen LogP contribution in [0.2, 0.25) is 5.02 Å². The Bertz CT molecular complexity index is 1230. The molecule has 1 atom stereocenters. The summed E-state index contributed by atoms with van der Waals surface area (Å²) in [5, 5.41) is 3.26. The highest BCUT2D eigenvalue weighted by atomic mass is 35.5. The van der Waals surface area contributed by atoms with E-state index in [0.717, 1.165) is 33.9 Å². The highest BCUT2D eigenvalue weighted by Crippen LogP contribution is 2.45. The molecule has 0 spiro atoms. The van der Waals surface area contributed by atoms with Crippen molar-refractivity contribution in [3.63, 3.8) is 0 Å². The van der Waals surface area contributed by atoms with Gasteiger partial charge in [-0.2, -0.15) is 0 Å². The molecule has 0 aliphatic carbocycles. The maximum atomic E-state index is 13.8. The summed E-state index contributed by atoms with van der Waals surface area (Å²) in [6.45, 7) is 1.98. The van der Waals surface area contributed by atoms with Crippen LogP contribution in [0.5, 0.6) is 0 Å². The Balaban J connectivity index is 1.73. The van der Waals surface area contributed by atoms with Crippen LogP contribution in [-0.2, 0) is 7.05 Å². The van der Waals surface area contributed by atoms with Gasteiger partial charge in [0.1, 0.15) is 6.04 Å². The number of amides is 2. The smallest absolute Gasteiger partial charge is 0.261 e. The fraction of sp³-hybridized carbons (Fsp3) is 0.182. The van der Waals surface area contributed by atoms with E-state index in [1.165, 1.54) is 0 Å². The van der Waals surface area contributed by atoms with Crippen molar-refractivity contribution >= 4 is 40.5 Å². The van der Waals surface area contributed by atoms with E-state index in [2.05, 4.69) is 21.7 Å². The zero-order chi connectivity index (χ0) is 21.9. The fourth-order valence-corrected chi connectivity index (χ4v) is 4.54. The highest BCUT2D eigenvalue weighted by Gasteiger charge is 2.44. The number of benzene rings is 2. The van der Waals surface area contributed by atoms with Crippen molar-refractivity contribution in [1.82, 2.24) is 15.4 Å². The third-order valence-electron chi connectivity index (χ3n) is 5.82. The number of fused-ring (bicyclic) bond motifs is 2. The lowest BCUT2D eigenvalue weighted by Crippen LogP contribution is -2.30. The van der Waals surface area contributed by atoms with E-state index in [9.17, 15) is 9.59 Å². The molecule has 2 aliphatic rings. The molecule has 0 bridgehead atoms. The monoisotopic (exact) mass is 436 g/mol. The largest absolute Gasteiger partial charge is 0.355 e. The molecule has 3 aromatic rings. The highest BCUT2D eigenvalue weighted by molar-refractivity contribution is 6.30. The summed E-state index contributed by atoms with van der Waals surface area (Å²) in [6, 6.07) is 10.9. The van der Waals surface area contributed by atoms with Gasteiger partial charge in [0.05, 0.1) is 28.2 Å². The first-order chi connectivity index (χ1) is 14.9. The second-order valence-corrected chi connectivity index (χ2v) is 8.12. The van der Waals surface area contributed by atoms with Gasteiger partial charge in [0.15, 0.2) is 0 Å². The summed E-state index contributed by atoms with van der Waals surface area (Å²) in [4.78, 5) is 28.0. The first-order valence-electron chi connectivity index (χ1n) is 9.82. The van der Waals surface area contributed by atoms with Gasteiger partial charge >= 0.3 is 0 Å². The molecule has 2 aliphatic heterocycles. The average molecular weight is 437 g/mol. The summed E-state index contributed by atoms with van der Waals surface area (Å²) < 4.78 is 1.86. The number of halogens is 1. The van der Waals surface area contributed by atoms with Crippen molar-refractivity contribution in [2.24, 2.45) is 7.05 Å². The van der Waals surface area contributed by atoms with E-state index < -0.39 is 6.04 Å². The Morgan fingerprint density at radius 1 is 1.16 bits per heavy atom. The predicted molar refractivity (Wildman–Crippen MR) is 120 cm³/mol. The Morgan fingerprint density at radius 2 is 1.90 bits per heavy atom. The molecule has 0 fully saturated rings. The number of hydrazine groups is 2. The van der Waals surface area contributed by atoms with E-state index in [1.54, 1.807) is 18.1 Å². The standard InChI is InChI=1S/C22H21ClN6O2/c1-11-8-14(9-16-18(11)26-27-25-16)29-19(12-4-6-13(23)7-5-12)20-17(22(29)31)15(10-28(20)3)21(30)24-2/h4-10,19,25-27H,1-3H3,(H,24,30). The van der Waals surface area contributed by atoms with Crippen molar-refractivity contribution in [2.45, 2.75) is 13.0 Å². The van der Waals surface area contributed by atoms with E-state index in [-0.39, 0.29) is 11.8 Å². The van der Waals surface area contributed by atoms with Crippen molar-refractivity contribution in [3.05, 3.63) is 75.6 Å². The van der Waals surface area contributed by atoms with Crippen LogP contribution in [-0.4, -0.2) is 23.4 Å². The van der Waals surface area contributed by atoms with Crippen LogP contribution in [0.25, 0.3) is 0 Å². The van der Waals surface area contributed by atoms with Gasteiger partial charge in [0.25, 0.3) is 11.8 Å². The van der Waals surface area contributed by atoms with Crippen LogP contribution in [0.15, 0.2) is 42.6 Å². The topological polar surface area (TPSA) is 90.4 Å². The Labute approximate surface area is 184 Å². The number of nitrogens with one attached hydrogen (secondary N) is 4. The lowest BCUT2D eigenvalue weighted by molar-refractivity contribution is 0.0943. The quantitative estimate of drug-likeness (QED) is 0.505. The fourth-order valence-electron chi connectivity index (χ4n) is 4.41. The summed E-state index contributed by atoms with van der Waals surface area (Å²) in [6.07, 6.45) is 1.71. The molecule has 2 amide bonds. The van der Waals surface area contributed by atoms with Gasteiger partial charge in [0, 0.05) is 31.0 Å². The van der Waals surface area contributed by atoms with Crippen molar-refractivity contribution < 1.29 is 9.59 Å². The van der Waals surface area contributed by atoms with Gasteiger partial charge in [0.2, 0.25) is 0 Å². The number of nitrogens with zero attached hydrogens (tertiary/aromatic N) is 2. The molecule has 1 unspecified atom stereocenters. The normalized spacial score (nSPS) is 16.6. The lowest BCUT2D eigenvalue weighted by Gasteiger charge is -2.27. The van der Waals surface area contributed by atoms with Crippen LogP contribution < -0.4 is 26.6 Å². The maximum absolute atomic E-state index is 13.8. The van der Waals surface area contributed by atoms with Gasteiger partial charge in [-0.1, -0.05) is 23.7 Å². The predicted octanol–water partition coefficient (Wildman–Crippen LogP) is 3.35. The molecule has 8 nitrogen and oxygen atoms in total. The van der Waals surface area contributed by atoms with Crippen LogP contribution in [0.3, 0.4) is 0 Å². The van der Waals surface area contributed by atoms with Gasteiger partial charge < -0.3 is 20.7 Å². The van der Waals surface area contributed by atoms with Crippen LogP contribution >= 0.6 is 11.6 Å². The van der Waals surface area contributed by atoms with Crippen molar-refractivity contribution in [1.29, 1.82) is 0 Å². The van der Waals surface area contributed by atoms with Gasteiger partial charge in [-0.3, -0.25) is 14.5 Å². The van der Waals surface area contributed by atoms with E-state index in [1.807, 2.05) is 54.9 Å². The van der Waals surface area contributed by atoms with E-state index >= 15 is 0 Å². The molecule has 1 aromatic heterocycles. The molecule has 0 saturated heterocycles. The molecule has 4 N–H and O–H groups in total. The number of carbonyl (C=O) groups is 2. The molecule has 3 heterocycles. The number of aryl methyl sites for hydroxylation is 2. The second kappa shape index (κ2) is 7.04. The lowest BCUT2D eigenvalue weighted by atomic mass is 10.0. The summed E-state index contributed by atoms with van der Waals surface area (Å²) >= 11 is 6.12. The SMILES string of the molecule is CNC(=O)c1cn(C)c2c1C(=O)N(c1cc(C)c3c(c1)NNN3)C2c1ccc(Cl)cc1. The molecular weight excluding hydrogens is 416 g/mol. The first kappa shape index (κ1) is 19.5. The molecule has 31 heavy (non-hydrogen) atoms. The van der Waals surface area contributed by atoms with Crippen molar-refractivity contribution in [3.8, 4) is 0 Å². The third-order valence-corrected chi connectivity index (χ3v) is 6.07. The molecule has 0 saturated carbocycles. The summed E-state index contributed by atoms with van der Waals surface area (Å²) in [5.74, 6) is -0.505. The Kier molecular flexibility index (Phi) is 4.42. The Hall–Kier alpha value is -3.49. The summed E-state index contributed by atoms with van der Waals surface area (Å²) in [5.41, 5.74) is 15.0. The molecular formula is C22H21ClN6O2. The first-order valence-corrected chi connectivity index (χ1v) is 10.2. The molecule has 2 aromatic carbocycles. The number of anilines is 3. The minimum Gasteiger partial charge on any atom is -0.355 e. The van der Waals surface area contributed by atoms with Gasteiger partial charge in [-0.25, -0.2) is 0 Å². The number of rotatable bonds is 3. The van der Waals surface area contributed by atoms with Crippen LogP contribution in [0.4, 0.5) is 17.1 Å². The third kappa shape index (κ3) is 2.87. The van der Waals surface area contributed by atoms with Crippen LogP contribution in [0.1, 0.15) is 43.6 Å². The molecule has 9 heteroatoms. The van der Waals surface area contributed by atoms with Crippen molar-refractivity contribution in [2.75, 3.05) is 22.8 Å².